The van der Waals surface area contributed by atoms with E-state index in [4.69, 9.17) is 5.73 Å². The summed E-state index contributed by atoms with van der Waals surface area (Å²) in [5.41, 5.74) is 5.96. The van der Waals surface area contributed by atoms with Crippen molar-refractivity contribution in [3.63, 3.8) is 0 Å². The minimum atomic E-state index is 0.703. The van der Waals surface area contributed by atoms with E-state index in [0.29, 0.717) is 12.1 Å². The van der Waals surface area contributed by atoms with Crippen LogP contribution in [0.2, 0.25) is 0 Å². The fourth-order valence-corrected chi connectivity index (χ4v) is 2.73. The Labute approximate surface area is 80.0 Å². The first-order valence-electron chi connectivity index (χ1n) is 5.41. The summed E-state index contributed by atoms with van der Waals surface area (Å²) in [5.74, 6) is 0.787. The molecule has 2 unspecified atom stereocenters. The molecule has 0 aromatic rings. The van der Waals surface area contributed by atoms with E-state index in [1.807, 2.05) is 6.92 Å². The molecule has 2 atom stereocenters. The third kappa shape index (κ3) is 1.52. The van der Waals surface area contributed by atoms with Crippen LogP contribution in [0.4, 0.5) is 0 Å². The Bertz CT molecular complexity index is 196. The molecule has 0 saturated carbocycles. The maximum Gasteiger partial charge on any atom is 0.191 e. The first-order chi connectivity index (χ1) is 6.33. The lowest BCUT2D eigenvalue weighted by Crippen LogP contribution is -2.47. The van der Waals surface area contributed by atoms with Crippen molar-refractivity contribution < 1.29 is 0 Å². The summed E-state index contributed by atoms with van der Waals surface area (Å²) in [5, 5.41) is 0. The third-order valence-electron chi connectivity index (χ3n) is 3.28. The highest BCUT2D eigenvalue weighted by atomic mass is 15.3. The van der Waals surface area contributed by atoms with Gasteiger partial charge in [-0.25, -0.2) is 0 Å². The fourth-order valence-electron chi connectivity index (χ4n) is 2.73. The molecule has 74 valence electrons. The molecule has 3 nitrogen and oxygen atoms in total. The topological polar surface area (TPSA) is 41.6 Å². The molecule has 2 aliphatic heterocycles. The zero-order valence-corrected chi connectivity index (χ0v) is 8.37. The quantitative estimate of drug-likeness (QED) is 0.490. The number of nitrogens with two attached hydrogens (primary N) is 1. The monoisotopic (exact) mass is 181 g/mol. The van der Waals surface area contributed by atoms with Gasteiger partial charge in [0.1, 0.15) is 0 Å². The minimum Gasteiger partial charge on any atom is -0.370 e. The van der Waals surface area contributed by atoms with Crippen molar-refractivity contribution in [3.05, 3.63) is 0 Å². The van der Waals surface area contributed by atoms with Gasteiger partial charge in [0.25, 0.3) is 0 Å². The van der Waals surface area contributed by atoms with Crippen LogP contribution in [0.1, 0.15) is 39.0 Å². The molecule has 2 rings (SSSR count). The molecular formula is C10H19N3. The lowest BCUT2D eigenvalue weighted by atomic mass is 10.0. The number of nitrogens with zero attached hydrogens (tertiary/aromatic N) is 2. The minimum absolute atomic E-state index is 0.703. The van der Waals surface area contributed by atoms with Crippen LogP contribution in [0.15, 0.2) is 4.99 Å². The summed E-state index contributed by atoms with van der Waals surface area (Å²) in [6.07, 6.45) is 6.66. The molecule has 2 fully saturated rings. The van der Waals surface area contributed by atoms with E-state index in [2.05, 4.69) is 9.89 Å². The lowest BCUT2D eigenvalue weighted by molar-refractivity contribution is 0.233. The average Bonchev–Trinajstić information content (AvgIpc) is 2.37. The second kappa shape index (κ2) is 3.56. The maximum atomic E-state index is 5.96. The van der Waals surface area contributed by atoms with Gasteiger partial charge in [-0.05, 0) is 39.0 Å². The predicted molar refractivity (Wildman–Crippen MR) is 54.7 cm³/mol. The molecule has 2 heterocycles. The molecule has 0 aromatic heterocycles. The first kappa shape index (κ1) is 8.85. The first-order valence-corrected chi connectivity index (χ1v) is 5.41. The zero-order valence-electron chi connectivity index (χ0n) is 8.37. The fraction of sp³-hybridized carbons (Fsp3) is 0.900. The van der Waals surface area contributed by atoms with Gasteiger partial charge in [-0.3, -0.25) is 4.99 Å². The number of hydrogen-bond acceptors (Lipinski definition) is 1. The summed E-state index contributed by atoms with van der Waals surface area (Å²) in [6.45, 7) is 2.85. The van der Waals surface area contributed by atoms with Crippen molar-refractivity contribution >= 4 is 5.96 Å². The standard InChI is InChI=1S/C10H19N3/c1-2-12-10(11)13-8-4-3-5-9(13)7-6-8/h8-9H,2-7H2,1H3,(H2,11,12). The molecule has 3 heteroatoms. The van der Waals surface area contributed by atoms with Crippen molar-refractivity contribution in [2.24, 2.45) is 10.7 Å². The van der Waals surface area contributed by atoms with Crippen LogP contribution < -0.4 is 5.73 Å². The van der Waals surface area contributed by atoms with E-state index in [1.54, 1.807) is 0 Å². The summed E-state index contributed by atoms with van der Waals surface area (Å²) in [4.78, 5) is 6.68. The van der Waals surface area contributed by atoms with Crippen LogP contribution in [-0.2, 0) is 0 Å². The summed E-state index contributed by atoms with van der Waals surface area (Å²) < 4.78 is 0. The number of hydrogen-bond donors (Lipinski definition) is 1. The van der Waals surface area contributed by atoms with Crippen LogP contribution >= 0.6 is 0 Å². The Morgan fingerprint density at radius 2 is 1.92 bits per heavy atom. The molecule has 0 spiro atoms. The van der Waals surface area contributed by atoms with Crippen molar-refractivity contribution in [2.75, 3.05) is 6.54 Å². The molecule has 2 saturated heterocycles. The van der Waals surface area contributed by atoms with E-state index >= 15 is 0 Å². The summed E-state index contributed by atoms with van der Waals surface area (Å²) >= 11 is 0. The van der Waals surface area contributed by atoms with E-state index < -0.39 is 0 Å². The Hall–Kier alpha value is -0.730. The molecule has 2 N–H and O–H groups in total. The third-order valence-corrected chi connectivity index (χ3v) is 3.28. The van der Waals surface area contributed by atoms with E-state index in [0.717, 1.165) is 12.5 Å². The van der Waals surface area contributed by atoms with Crippen molar-refractivity contribution in [1.29, 1.82) is 0 Å². The Balaban J connectivity index is 2.10. The predicted octanol–water partition coefficient (Wildman–Crippen LogP) is 1.34. The van der Waals surface area contributed by atoms with Crippen LogP contribution in [0.3, 0.4) is 0 Å². The van der Waals surface area contributed by atoms with Crippen molar-refractivity contribution in [1.82, 2.24) is 4.90 Å². The summed E-state index contributed by atoms with van der Waals surface area (Å²) in [7, 11) is 0. The molecule has 13 heavy (non-hydrogen) atoms. The van der Waals surface area contributed by atoms with Crippen LogP contribution in [0.25, 0.3) is 0 Å². The van der Waals surface area contributed by atoms with E-state index in [1.165, 1.54) is 32.1 Å². The van der Waals surface area contributed by atoms with Gasteiger partial charge in [-0.2, -0.15) is 0 Å². The second-order valence-electron chi connectivity index (χ2n) is 4.06. The van der Waals surface area contributed by atoms with Gasteiger partial charge in [0.2, 0.25) is 0 Å². The van der Waals surface area contributed by atoms with E-state index in [-0.39, 0.29) is 0 Å². The average molecular weight is 181 g/mol. The highest BCUT2D eigenvalue weighted by Gasteiger charge is 2.37. The van der Waals surface area contributed by atoms with Crippen molar-refractivity contribution in [2.45, 2.75) is 51.1 Å². The molecular weight excluding hydrogens is 162 g/mol. The van der Waals surface area contributed by atoms with Crippen LogP contribution in [-0.4, -0.2) is 29.5 Å². The van der Waals surface area contributed by atoms with Crippen molar-refractivity contribution in [3.8, 4) is 0 Å². The van der Waals surface area contributed by atoms with Crippen LogP contribution in [0, 0.1) is 0 Å². The maximum absolute atomic E-state index is 5.96. The zero-order chi connectivity index (χ0) is 9.26. The van der Waals surface area contributed by atoms with E-state index in [9.17, 15) is 0 Å². The number of aliphatic imine (C=N–C) groups is 1. The van der Waals surface area contributed by atoms with Gasteiger partial charge in [-0.15, -0.1) is 0 Å². The lowest BCUT2D eigenvalue weighted by Gasteiger charge is -2.35. The molecule has 0 amide bonds. The molecule has 0 aromatic carbocycles. The molecule has 0 aliphatic carbocycles. The Kier molecular flexibility index (Phi) is 2.42. The molecule has 2 bridgehead atoms. The Morgan fingerprint density at radius 3 is 2.46 bits per heavy atom. The van der Waals surface area contributed by atoms with Crippen LogP contribution in [0.5, 0.6) is 0 Å². The highest BCUT2D eigenvalue weighted by Crippen LogP contribution is 2.34. The largest absolute Gasteiger partial charge is 0.370 e. The van der Waals surface area contributed by atoms with Gasteiger partial charge >= 0.3 is 0 Å². The summed E-state index contributed by atoms with van der Waals surface area (Å²) in [6, 6.07) is 1.41. The Morgan fingerprint density at radius 1 is 1.31 bits per heavy atom. The highest BCUT2D eigenvalue weighted by molar-refractivity contribution is 5.79. The smallest absolute Gasteiger partial charge is 0.191 e. The van der Waals surface area contributed by atoms with Gasteiger partial charge < -0.3 is 10.6 Å². The second-order valence-corrected chi connectivity index (χ2v) is 4.06. The number of rotatable bonds is 1. The number of guanidine groups is 1. The van der Waals surface area contributed by atoms with Gasteiger partial charge in [0.15, 0.2) is 5.96 Å². The van der Waals surface area contributed by atoms with Gasteiger partial charge in [0, 0.05) is 18.6 Å². The molecule has 2 aliphatic rings. The number of piperidine rings is 1. The van der Waals surface area contributed by atoms with Gasteiger partial charge in [0.05, 0.1) is 0 Å². The number of fused-ring (bicyclic) bond motifs is 2. The SMILES string of the molecule is CCN=C(N)N1C2CCCC1CC2. The van der Waals surface area contributed by atoms with Gasteiger partial charge in [-0.1, -0.05) is 0 Å². The molecule has 0 radical (unpaired) electrons. The normalized spacial score (nSPS) is 33.9.